The van der Waals surface area contributed by atoms with E-state index in [1.54, 1.807) is 40.3 Å². The lowest BCUT2D eigenvalue weighted by atomic mass is 9.97. The standard InChI is InChI=1S/C24H25N7O2S/c1-16-19(14-26-31(16)18-6-4-3-5-7-18)24(33)30-12-9-17(10-13-30)23-27-20(15-34-23)22(32)28-21-8-11-25-29(21)2/h3-8,11,14-15,17H,9-10,12-13H2,1-2H3,(H,28,32). The van der Waals surface area contributed by atoms with Crippen LogP contribution in [0.15, 0.2) is 54.2 Å². The molecule has 4 heterocycles. The van der Waals surface area contributed by atoms with Gasteiger partial charge in [-0.2, -0.15) is 10.2 Å². The Hall–Kier alpha value is -3.79. The Kier molecular flexibility index (Phi) is 5.97. The van der Waals surface area contributed by atoms with Crippen LogP contribution in [-0.2, 0) is 7.05 Å². The molecule has 9 nitrogen and oxygen atoms in total. The van der Waals surface area contributed by atoms with Gasteiger partial charge in [0.25, 0.3) is 11.8 Å². The summed E-state index contributed by atoms with van der Waals surface area (Å²) in [5.41, 5.74) is 2.81. The van der Waals surface area contributed by atoms with Gasteiger partial charge < -0.3 is 10.2 Å². The molecular formula is C24H25N7O2S. The van der Waals surface area contributed by atoms with E-state index in [1.807, 2.05) is 42.2 Å². The maximum Gasteiger partial charge on any atom is 0.276 e. The zero-order chi connectivity index (χ0) is 23.7. The number of nitrogens with one attached hydrogen (secondary N) is 1. The molecule has 0 bridgehead atoms. The van der Waals surface area contributed by atoms with Crippen LogP contribution in [0.3, 0.4) is 0 Å². The number of aromatic nitrogens is 5. The van der Waals surface area contributed by atoms with Crippen molar-refractivity contribution in [3.63, 3.8) is 0 Å². The van der Waals surface area contributed by atoms with Crippen LogP contribution < -0.4 is 5.32 Å². The Bertz CT molecular complexity index is 1320. The molecule has 0 aliphatic carbocycles. The Balaban J connectivity index is 1.21. The quantitative estimate of drug-likeness (QED) is 0.475. The third-order valence-corrected chi connectivity index (χ3v) is 7.20. The van der Waals surface area contributed by atoms with E-state index in [0.717, 1.165) is 29.2 Å². The molecule has 5 rings (SSSR count). The first kappa shape index (κ1) is 22.0. The van der Waals surface area contributed by atoms with Gasteiger partial charge in [0, 0.05) is 37.5 Å². The number of carbonyl (C=O) groups is 2. The number of thiazole rings is 1. The van der Waals surface area contributed by atoms with Gasteiger partial charge in [-0.15, -0.1) is 11.3 Å². The average Bonchev–Trinajstić information content (AvgIpc) is 3.60. The maximum atomic E-state index is 13.2. The summed E-state index contributed by atoms with van der Waals surface area (Å²) < 4.78 is 3.40. The molecule has 1 N–H and O–H groups in total. The minimum absolute atomic E-state index is 0.00788. The summed E-state index contributed by atoms with van der Waals surface area (Å²) in [6.07, 6.45) is 4.91. The zero-order valence-corrected chi connectivity index (χ0v) is 19.8. The largest absolute Gasteiger partial charge is 0.338 e. The van der Waals surface area contributed by atoms with Gasteiger partial charge in [0.2, 0.25) is 0 Å². The molecule has 10 heteroatoms. The first-order valence-corrected chi connectivity index (χ1v) is 12.0. The molecular weight excluding hydrogens is 450 g/mol. The normalized spacial score (nSPS) is 14.4. The van der Waals surface area contributed by atoms with Gasteiger partial charge in [-0.3, -0.25) is 14.3 Å². The number of anilines is 1. The molecule has 0 spiro atoms. The van der Waals surface area contributed by atoms with Gasteiger partial charge in [0.1, 0.15) is 11.5 Å². The molecule has 174 valence electrons. The van der Waals surface area contributed by atoms with Crippen LogP contribution in [0.4, 0.5) is 5.82 Å². The lowest BCUT2D eigenvalue weighted by Crippen LogP contribution is -2.38. The molecule has 4 aromatic rings. The van der Waals surface area contributed by atoms with Crippen molar-refractivity contribution in [1.29, 1.82) is 0 Å². The second-order valence-corrected chi connectivity index (χ2v) is 9.21. The minimum atomic E-state index is -0.246. The van der Waals surface area contributed by atoms with Crippen LogP contribution in [-0.4, -0.2) is 54.3 Å². The fourth-order valence-corrected chi connectivity index (χ4v) is 5.18. The molecule has 0 unspecified atom stereocenters. The number of benzene rings is 1. The van der Waals surface area contributed by atoms with Crippen molar-refractivity contribution < 1.29 is 9.59 Å². The summed E-state index contributed by atoms with van der Waals surface area (Å²) in [4.78, 5) is 32.2. The molecule has 1 aliphatic heterocycles. The van der Waals surface area contributed by atoms with Gasteiger partial charge in [-0.25, -0.2) is 9.67 Å². The van der Waals surface area contributed by atoms with E-state index in [2.05, 4.69) is 20.5 Å². The number of likely N-dealkylation sites (tertiary alicyclic amines) is 1. The lowest BCUT2D eigenvalue weighted by Gasteiger charge is -2.31. The van der Waals surface area contributed by atoms with Crippen LogP contribution in [0.2, 0.25) is 0 Å². The van der Waals surface area contributed by atoms with E-state index in [0.29, 0.717) is 30.2 Å². The molecule has 2 amide bonds. The van der Waals surface area contributed by atoms with Gasteiger partial charge in [0.05, 0.1) is 34.3 Å². The van der Waals surface area contributed by atoms with E-state index >= 15 is 0 Å². The summed E-state index contributed by atoms with van der Waals surface area (Å²) in [6, 6.07) is 11.5. The molecule has 0 radical (unpaired) electrons. The third-order valence-electron chi connectivity index (χ3n) is 6.19. The highest BCUT2D eigenvalue weighted by molar-refractivity contribution is 7.10. The molecule has 1 saturated heterocycles. The van der Waals surface area contributed by atoms with Crippen molar-refractivity contribution in [1.82, 2.24) is 29.4 Å². The van der Waals surface area contributed by atoms with E-state index in [-0.39, 0.29) is 17.7 Å². The minimum Gasteiger partial charge on any atom is -0.338 e. The van der Waals surface area contributed by atoms with Gasteiger partial charge >= 0.3 is 0 Å². The van der Waals surface area contributed by atoms with Crippen LogP contribution >= 0.6 is 11.3 Å². The molecule has 3 aromatic heterocycles. The number of hydrogen-bond donors (Lipinski definition) is 1. The molecule has 1 fully saturated rings. The number of hydrogen-bond acceptors (Lipinski definition) is 6. The number of aryl methyl sites for hydroxylation is 1. The molecule has 34 heavy (non-hydrogen) atoms. The molecule has 0 atom stereocenters. The number of carbonyl (C=O) groups excluding carboxylic acids is 2. The van der Waals surface area contributed by atoms with Crippen molar-refractivity contribution in [2.45, 2.75) is 25.7 Å². The fraction of sp³-hybridized carbons (Fsp3) is 0.292. The van der Waals surface area contributed by atoms with Crippen LogP contribution in [0, 0.1) is 6.92 Å². The number of amides is 2. The molecule has 1 aromatic carbocycles. The predicted molar refractivity (Wildman–Crippen MR) is 129 cm³/mol. The highest BCUT2D eigenvalue weighted by Crippen LogP contribution is 2.31. The van der Waals surface area contributed by atoms with Crippen LogP contribution in [0.25, 0.3) is 5.69 Å². The lowest BCUT2D eigenvalue weighted by molar-refractivity contribution is 0.0712. The number of nitrogens with zero attached hydrogens (tertiary/aromatic N) is 6. The average molecular weight is 476 g/mol. The van der Waals surface area contributed by atoms with Crippen LogP contribution in [0.5, 0.6) is 0 Å². The highest BCUT2D eigenvalue weighted by atomic mass is 32.1. The summed E-state index contributed by atoms with van der Waals surface area (Å²) in [6.45, 7) is 3.22. The summed E-state index contributed by atoms with van der Waals surface area (Å²) >= 11 is 1.50. The van der Waals surface area contributed by atoms with Crippen LogP contribution in [0.1, 0.15) is 50.3 Å². The summed E-state index contributed by atoms with van der Waals surface area (Å²) in [5.74, 6) is 0.621. The van der Waals surface area contributed by atoms with Gasteiger partial charge in [-0.05, 0) is 31.9 Å². The van der Waals surface area contributed by atoms with E-state index < -0.39 is 0 Å². The smallest absolute Gasteiger partial charge is 0.276 e. The van der Waals surface area contributed by atoms with Gasteiger partial charge in [0.15, 0.2) is 0 Å². The topological polar surface area (TPSA) is 97.9 Å². The first-order valence-electron chi connectivity index (χ1n) is 11.2. The monoisotopic (exact) mass is 475 g/mol. The summed E-state index contributed by atoms with van der Waals surface area (Å²) in [7, 11) is 1.77. The van der Waals surface area contributed by atoms with Crippen molar-refractivity contribution in [3.05, 3.63) is 76.1 Å². The Morgan fingerprint density at radius 3 is 2.56 bits per heavy atom. The SMILES string of the molecule is Cc1c(C(=O)N2CCC(c3nc(C(=O)Nc4ccnn4C)cs3)CC2)cnn1-c1ccccc1. The third kappa shape index (κ3) is 4.24. The van der Waals surface area contributed by atoms with Crippen molar-refractivity contribution >= 4 is 29.0 Å². The second kappa shape index (κ2) is 9.22. The Morgan fingerprint density at radius 1 is 1.09 bits per heavy atom. The Morgan fingerprint density at radius 2 is 1.85 bits per heavy atom. The van der Waals surface area contributed by atoms with E-state index in [9.17, 15) is 9.59 Å². The fourth-order valence-electron chi connectivity index (χ4n) is 4.21. The Labute approximate surface area is 201 Å². The van der Waals surface area contributed by atoms with Crippen molar-refractivity contribution in [2.24, 2.45) is 7.05 Å². The molecule has 1 aliphatic rings. The van der Waals surface area contributed by atoms with E-state index in [4.69, 9.17) is 0 Å². The molecule has 0 saturated carbocycles. The maximum absolute atomic E-state index is 13.2. The number of piperidine rings is 1. The highest BCUT2D eigenvalue weighted by Gasteiger charge is 2.28. The first-order chi connectivity index (χ1) is 16.5. The van der Waals surface area contributed by atoms with Crippen molar-refractivity contribution in [2.75, 3.05) is 18.4 Å². The second-order valence-electron chi connectivity index (χ2n) is 8.32. The number of rotatable bonds is 5. The van der Waals surface area contributed by atoms with Crippen molar-refractivity contribution in [3.8, 4) is 5.69 Å². The zero-order valence-electron chi connectivity index (χ0n) is 19.0. The van der Waals surface area contributed by atoms with Gasteiger partial charge in [-0.1, -0.05) is 18.2 Å². The van der Waals surface area contributed by atoms with E-state index in [1.165, 1.54) is 11.3 Å². The number of para-hydroxylation sites is 1. The predicted octanol–water partition coefficient (Wildman–Crippen LogP) is 3.64. The summed E-state index contributed by atoms with van der Waals surface area (Å²) in [5, 5.41) is 14.0.